The Morgan fingerprint density at radius 3 is 2.52 bits per heavy atom. The summed E-state index contributed by atoms with van der Waals surface area (Å²) in [6.07, 6.45) is 9.58. The van der Waals surface area contributed by atoms with E-state index >= 15 is 0 Å². The summed E-state index contributed by atoms with van der Waals surface area (Å²) in [4.78, 5) is 15.2. The van der Waals surface area contributed by atoms with Crippen molar-refractivity contribution in [3.8, 4) is 0 Å². The lowest BCUT2D eigenvalue weighted by molar-refractivity contribution is -0.137. The van der Waals surface area contributed by atoms with Gasteiger partial charge < -0.3 is 5.11 Å². The third kappa shape index (κ3) is 9.56. The number of nitrogens with one attached hydrogen (secondary N) is 1. The molecule has 0 radical (unpaired) electrons. The van der Waals surface area contributed by atoms with Crippen LogP contribution in [0.2, 0.25) is 10.0 Å². The zero-order valence-electron chi connectivity index (χ0n) is 17.3. The van der Waals surface area contributed by atoms with Gasteiger partial charge in [-0.1, -0.05) is 48.5 Å². The molecule has 1 heterocycles. The van der Waals surface area contributed by atoms with E-state index in [9.17, 15) is 13.2 Å². The van der Waals surface area contributed by atoms with Crippen LogP contribution in [0.3, 0.4) is 0 Å². The number of aliphatic carboxylic acids is 1. The number of carbonyl (C=O) groups is 1. The Balaban J connectivity index is 1.75. The number of nitrogens with zero attached hydrogens (tertiary/aromatic N) is 1. The minimum atomic E-state index is -3.64. The molecule has 0 amide bonds. The van der Waals surface area contributed by atoms with Gasteiger partial charge in [-0.05, 0) is 61.4 Å². The molecule has 2 rings (SSSR count). The van der Waals surface area contributed by atoms with Crippen LogP contribution >= 0.6 is 23.2 Å². The second kappa shape index (κ2) is 13.0. The number of unbranched alkanes of at least 4 members (excludes halogenated alkanes) is 1. The van der Waals surface area contributed by atoms with Crippen molar-refractivity contribution < 1.29 is 18.3 Å². The fourth-order valence-electron chi connectivity index (χ4n) is 3.39. The van der Waals surface area contributed by atoms with Crippen LogP contribution in [0, 0.1) is 5.92 Å². The number of halogens is 2. The van der Waals surface area contributed by atoms with Crippen molar-refractivity contribution in [1.82, 2.24) is 9.71 Å². The Hall–Kier alpha value is -1.67. The van der Waals surface area contributed by atoms with Crippen molar-refractivity contribution in [2.45, 2.75) is 56.3 Å². The van der Waals surface area contributed by atoms with E-state index in [1.165, 1.54) is 23.8 Å². The molecule has 1 unspecified atom stereocenters. The quantitative estimate of drug-likeness (QED) is 0.351. The standard InChI is InChI=1S/C22H28Cl2N2O4S/c23-20-11-10-19(15-21(20)24)31(29,30)26-14-2-1-5-17(9-12-22(27)28)6-3-7-18-8-4-13-25-16-18/h4,8,10-11,13,15-17,26H,1-3,5-7,9,12,14H2,(H,27,28). The summed E-state index contributed by atoms with van der Waals surface area (Å²) in [7, 11) is -3.64. The molecule has 0 aliphatic heterocycles. The molecule has 9 heteroatoms. The lowest BCUT2D eigenvalue weighted by Gasteiger charge is -2.16. The van der Waals surface area contributed by atoms with Gasteiger partial charge >= 0.3 is 5.97 Å². The molecule has 0 spiro atoms. The van der Waals surface area contributed by atoms with E-state index < -0.39 is 16.0 Å². The van der Waals surface area contributed by atoms with Crippen LogP contribution in [0.25, 0.3) is 0 Å². The minimum absolute atomic E-state index is 0.0802. The molecule has 0 bridgehead atoms. The normalized spacial score (nSPS) is 12.6. The molecule has 170 valence electrons. The average molecular weight is 487 g/mol. The zero-order valence-corrected chi connectivity index (χ0v) is 19.6. The van der Waals surface area contributed by atoms with Crippen molar-refractivity contribution >= 4 is 39.2 Å². The Kier molecular flexibility index (Phi) is 10.7. The fraction of sp³-hybridized carbons (Fsp3) is 0.455. The van der Waals surface area contributed by atoms with Gasteiger partial charge in [0.15, 0.2) is 0 Å². The van der Waals surface area contributed by atoms with Gasteiger partial charge in [0.2, 0.25) is 10.0 Å². The molecule has 2 aromatic rings. The molecular formula is C22H28Cl2N2O4S. The number of carboxylic acids is 1. The number of aromatic nitrogens is 1. The summed E-state index contributed by atoms with van der Waals surface area (Å²) < 4.78 is 27.3. The highest BCUT2D eigenvalue weighted by atomic mass is 35.5. The van der Waals surface area contributed by atoms with E-state index in [1.54, 1.807) is 6.20 Å². The predicted octanol–water partition coefficient (Wildman–Crippen LogP) is 5.34. The fourth-order valence-corrected chi connectivity index (χ4v) is 4.86. The molecule has 31 heavy (non-hydrogen) atoms. The largest absolute Gasteiger partial charge is 0.481 e. The third-order valence-corrected chi connectivity index (χ3v) is 7.30. The van der Waals surface area contributed by atoms with Gasteiger partial charge in [-0.25, -0.2) is 13.1 Å². The molecule has 1 aromatic carbocycles. The Morgan fingerprint density at radius 2 is 1.84 bits per heavy atom. The number of hydrogen-bond donors (Lipinski definition) is 2. The molecule has 0 fully saturated rings. The molecule has 1 atom stereocenters. The van der Waals surface area contributed by atoms with Crippen molar-refractivity contribution in [1.29, 1.82) is 0 Å². The minimum Gasteiger partial charge on any atom is -0.481 e. The first-order valence-electron chi connectivity index (χ1n) is 10.3. The van der Waals surface area contributed by atoms with Gasteiger partial charge in [0.05, 0.1) is 14.9 Å². The number of benzene rings is 1. The van der Waals surface area contributed by atoms with Gasteiger partial charge in [-0.15, -0.1) is 0 Å². The summed E-state index contributed by atoms with van der Waals surface area (Å²) >= 11 is 11.7. The van der Waals surface area contributed by atoms with Crippen LogP contribution in [-0.2, 0) is 21.2 Å². The number of rotatable bonds is 14. The summed E-state index contributed by atoms with van der Waals surface area (Å²) in [6.45, 7) is 0.309. The highest BCUT2D eigenvalue weighted by Gasteiger charge is 2.15. The van der Waals surface area contributed by atoms with Crippen LogP contribution < -0.4 is 4.72 Å². The lowest BCUT2D eigenvalue weighted by Crippen LogP contribution is -2.24. The number of hydrogen-bond acceptors (Lipinski definition) is 4. The highest BCUT2D eigenvalue weighted by molar-refractivity contribution is 7.89. The van der Waals surface area contributed by atoms with Gasteiger partial charge in [0, 0.05) is 25.4 Å². The van der Waals surface area contributed by atoms with Gasteiger partial charge in [0.25, 0.3) is 0 Å². The summed E-state index contributed by atoms with van der Waals surface area (Å²) in [6, 6.07) is 8.16. The Morgan fingerprint density at radius 1 is 1.06 bits per heavy atom. The van der Waals surface area contributed by atoms with E-state index in [0.29, 0.717) is 30.3 Å². The van der Waals surface area contributed by atoms with Gasteiger partial charge in [0.1, 0.15) is 0 Å². The predicted molar refractivity (Wildman–Crippen MR) is 123 cm³/mol. The third-order valence-electron chi connectivity index (χ3n) is 5.10. The second-order valence-electron chi connectivity index (χ2n) is 7.52. The second-order valence-corrected chi connectivity index (χ2v) is 10.1. The number of carboxylic acid groups (broad SMARTS) is 1. The first-order valence-corrected chi connectivity index (χ1v) is 12.6. The van der Waals surface area contributed by atoms with E-state index in [-0.39, 0.29) is 16.3 Å². The maximum Gasteiger partial charge on any atom is 0.303 e. The monoisotopic (exact) mass is 486 g/mol. The van der Waals surface area contributed by atoms with Crippen LogP contribution in [-0.4, -0.2) is 31.0 Å². The summed E-state index contributed by atoms with van der Waals surface area (Å²) in [5.74, 6) is -0.480. The molecule has 0 saturated carbocycles. The van der Waals surface area contributed by atoms with E-state index in [1.807, 2.05) is 18.3 Å². The number of aryl methyl sites for hydroxylation is 1. The molecule has 0 saturated heterocycles. The molecule has 0 aliphatic rings. The lowest BCUT2D eigenvalue weighted by atomic mass is 9.91. The Bertz CT molecular complexity index is 940. The maximum absolute atomic E-state index is 12.4. The van der Waals surface area contributed by atoms with Gasteiger partial charge in [-0.2, -0.15) is 0 Å². The van der Waals surface area contributed by atoms with E-state index in [4.69, 9.17) is 28.3 Å². The maximum atomic E-state index is 12.4. The highest BCUT2D eigenvalue weighted by Crippen LogP contribution is 2.25. The van der Waals surface area contributed by atoms with Crippen molar-refractivity contribution in [2.75, 3.05) is 6.54 Å². The van der Waals surface area contributed by atoms with Crippen LogP contribution in [0.15, 0.2) is 47.6 Å². The van der Waals surface area contributed by atoms with Crippen molar-refractivity contribution in [3.63, 3.8) is 0 Å². The van der Waals surface area contributed by atoms with E-state index in [2.05, 4.69) is 9.71 Å². The summed E-state index contributed by atoms with van der Waals surface area (Å²) in [5, 5.41) is 9.50. The van der Waals surface area contributed by atoms with Crippen molar-refractivity contribution in [2.24, 2.45) is 5.92 Å². The molecule has 2 N–H and O–H groups in total. The van der Waals surface area contributed by atoms with Crippen LogP contribution in [0.4, 0.5) is 0 Å². The van der Waals surface area contributed by atoms with Crippen LogP contribution in [0.1, 0.15) is 50.5 Å². The first-order chi connectivity index (χ1) is 14.8. The molecule has 0 aliphatic carbocycles. The average Bonchev–Trinajstić information content (AvgIpc) is 2.73. The summed E-state index contributed by atoms with van der Waals surface area (Å²) in [5.41, 5.74) is 1.18. The van der Waals surface area contributed by atoms with Crippen molar-refractivity contribution in [3.05, 3.63) is 58.3 Å². The number of sulfonamides is 1. The van der Waals surface area contributed by atoms with Crippen LogP contribution in [0.5, 0.6) is 0 Å². The van der Waals surface area contributed by atoms with E-state index in [0.717, 1.165) is 32.1 Å². The molecular weight excluding hydrogens is 459 g/mol. The number of pyridine rings is 1. The smallest absolute Gasteiger partial charge is 0.303 e. The molecule has 1 aromatic heterocycles. The molecule has 6 nitrogen and oxygen atoms in total. The Labute approximate surface area is 194 Å². The zero-order chi connectivity index (χ0) is 22.7. The topological polar surface area (TPSA) is 96.4 Å². The SMILES string of the molecule is O=C(O)CCC(CCCCNS(=O)(=O)c1ccc(Cl)c(Cl)c1)CCCc1cccnc1. The first kappa shape index (κ1) is 25.6. The van der Waals surface area contributed by atoms with Gasteiger partial charge in [-0.3, -0.25) is 9.78 Å².